The summed E-state index contributed by atoms with van der Waals surface area (Å²) in [5.41, 5.74) is 7.73. The average molecular weight is 411 g/mol. The van der Waals surface area contributed by atoms with E-state index in [-0.39, 0.29) is 11.6 Å². The first kappa shape index (κ1) is 19.0. The standard InChI is InChI=1S/C20H18FN5O2S/c1-11-16(18(22)28)17(12-6-4-7-14(27)9-12)26-19(23-11)24-20(25-26)29-10-13-5-2-3-8-15(13)21/h2-9,17,27H,10H2,1H3,(H2,22,28)(H,23,24,25)/t17-/m0/s1. The fourth-order valence-electron chi connectivity index (χ4n) is 3.27. The first-order valence-corrected chi connectivity index (χ1v) is 9.82. The van der Waals surface area contributed by atoms with E-state index in [1.54, 1.807) is 54.1 Å². The first-order chi connectivity index (χ1) is 13.9. The van der Waals surface area contributed by atoms with Crippen LogP contribution in [0.4, 0.5) is 10.3 Å². The van der Waals surface area contributed by atoms with E-state index in [4.69, 9.17) is 5.73 Å². The lowest BCUT2D eigenvalue weighted by atomic mass is 9.95. The van der Waals surface area contributed by atoms with Gasteiger partial charge in [0.1, 0.15) is 17.6 Å². The van der Waals surface area contributed by atoms with Crippen LogP contribution in [0.2, 0.25) is 0 Å². The minimum Gasteiger partial charge on any atom is -0.508 e. The third kappa shape index (κ3) is 3.68. The molecule has 0 saturated carbocycles. The van der Waals surface area contributed by atoms with Gasteiger partial charge >= 0.3 is 0 Å². The highest BCUT2D eigenvalue weighted by molar-refractivity contribution is 7.98. The molecule has 1 aliphatic rings. The second kappa shape index (κ2) is 7.59. The molecule has 0 bridgehead atoms. The number of phenols is 1. The van der Waals surface area contributed by atoms with Gasteiger partial charge in [-0.2, -0.15) is 4.98 Å². The maximum atomic E-state index is 13.9. The number of thioether (sulfide) groups is 1. The Balaban J connectivity index is 1.70. The zero-order valence-electron chi connectivity index (χ0n) is 15.5. The largest absolute Gasteiger partial charge is 0.508 e. The van der Waals surface area contributed by atoms with Crippen LogP contribution in [0.1, 0.15) is 24.1 Å². The van der Waals surface area contributed by atoms with Crippen LogP contribution in [-0.4, -0.2) is 25.8 Å². The van der Waals surface area contributed by atoms with Crippen molar-refractivity contribution in [2.75, 3.05) is 5.32 Å². The zero-order valence-corrected chi connectivity index (χ0v) is 16.3. The molecule has 0 fully saturated rings. The maximum absolute atomic E-state index is 13.9. The minimum atomic E-state index is -0.633. The second-order valence-electron chi connectivity index (χ2n) is 6.57. The molecule has 1 atom stereocenters. The van der Waals surface area contributed by atoms with Crippen molar-refractivity contribution in [2.24, 2.45) is 5.73 Å². The van der Waals surface area contributed by atoms with Crippen molar-refractivity contribution in [3.8, 4) is 5.75 Å². The number of anilines is 1. The average Bonchev–Trinajstić information content (AvgIpc) is 3.08. The monoisotopic (exact) mass is 411 g/mol. The number of amides is 1. The van der Waals surface area contributed by atoms with Crippen molar-refractivity contribution < 1.29 is 14.3 Å². The molecule has 0 aliphatic carbocycles. The summed E-state index contributed by atoms with van der Waals surface area (Å²) in [6, 6.07) is 12.5. The quantitative estimate of drug-likeness (QED) is 0.557. The third-order valence-corrected chi connectivity index (χ3v) is 5.49. The summed E-state index contributed by atoms with van der Waals surface area (Å²) in [6.45, 7) is 1.74. The molecule has 4 N–H and O–H groups in total. The van der Waals surface area contributed by atoms with E-state index in [0.29, 0.717) is 39.3 Å². The van der Waals surface area contributed by atoms with Crippen LogP contribution < -0.4 is 11.1 Å². The molecule has 0 saturated heterocycles. The van der Waals surface area contributed by atoms with E-state index in [0.717, 1.165) is 0 Å². The van der Waals surface area contributed by atoms with Crippen molar-refractivity contribution >= 4 is 23.6 Å². The molecule has 2 aromatic carbocycles. The van der Waals surface area contributed by atoms with Crippen LogP contribution in [0.15, 0.2) is 65.0 Å². The molecule has 2 heterocycles. The number of carbonyl (C=O) groups is 1. The van der Waals surface area contributed by atoms with Crippen molar-refractivity contribution in [1.82, 2.24) is 14.8 Å². The number of hydrogen-bond donors (Lipinski definition) is 3. The fourth-order valence-corrected chi connectivity index (χ4v) is 4.09. The number of allylic oxidation sites excluding steroid dienone is 1. The third-order valence-electron chi connectivity index (χ3n) is 4.60. The van der Waals surface area contributed by atoms with Crippen LogP contribution in [0.5, 0.6) is 5.75 Å². The van der Waals surface area contributed by atoms with Gasteiger partial charge in [0.05, 0.1) is 5.57 Å². The molecule has 1 aromatic heterocycles. The van der Waals surface area contributed by atoms with E-state index in [1.807, 2.05) is 0 Å². The highest BCUT2D eigenvalue weighted by Gasteiger charge is 2.33. The number of halogens is 1. The molecule has 4 rings (SSSR count). The van der Waals surface area contributed by atoms with Gasteiger partial charge in [0, 0.05) is 11.4 Å². The zero-order chi connectivity index (χ0) is 20.5. The highest BCUT2D eigenvalue weighted by atomic mass is 32.2. The molecule has 1 aliphatic heterocycles. The molecular formula is C20H18FN5O2S. The molecular weight excluding hydrogens is 393 g/mol. The van der Waals surface area contributed by atoms with Gasteiger partial charge in [-0.05, 0) is 36.2 Å². The van der Waals surface area contributed by atoms with Gasteiger partial charge < -0.3 is 16.2 Å². The normalized spacial score (nSPS) is 15.7. The van der Waals surface area contributed by atoms with Gasteiger partial charge in [-0.3, -0.25) is 4.79 Å². The Morgan fingerprint density at radius 1 is 1.31 bits per heavy atom. The number of rotatable bonds is 5. The maximum Gasteiger partial charge on any atom is 0.248 e. The van der Waals surface area contributed by atoms with Crippen molar-refractivity contribution in [3.05, 3.63) is 76.7 Å². The molecule has 0 radical (unpaired) electrons. The summed E-state index contributed by atoms with van der Waals surface area (Å²) in [5, 5.41) is 17.9. The number of nitrogens with one attached hydrogen (secondary N) is 1. The number of aromatic hydroxyl groups is 1. The van der Waals surface area contributed by atoms with Crippen LogP contribution in [-0.2, 0) is 10.5 Å². The lowest BCUT2D eigenvalue weighted by Gasteiger charge is -2.27. The number of aromatic nitrogens is 3. The molecule has 0 unspecified atom stereocenters. The number of fused-ring (bicyclic) bond motifs is 1. The van der Waals surface area contributed by atoms with E-state index in [1.165, 1.54) is 17.8 Å². The van der Waals surface area contributed by atoms with Gasteiger partial charge in [-0.15, -0.1) is 5.10 Å². The predicted molar refractivity (Wildman–Crippen MR) is 108 cm³/mol. The fraction of sp³-hybridized carbons (Fsp3) is 0.150. The first-order valence-electron chi connectivity index (χ1n) is 8.83. The number of nitrogens with zero attached hydrogens (tertiary/aromatic N) is 3. The van der Waals surface area contributed by atoms with Gasteiger partial charge in [0.15, 0.2) is 0 Å². The number of hydrogen-bond acceptors (Lipinski definition) is 6. The SMILES string of the molecule is CC1=C(C(N)=O)[C@H](c2cccc(O)c2)n2nc(SCc3ccccc3F)nc2N1. The Morgan fingerprint density at radius 2 is 2.10 bits per heavy atom. The molecule has 148 valence electrons. The second-order valence-corrected chi connectivity index (χ2v) is 7.51. The van der Waals surface area contributed by atoms with E-state index in [2.05, 4.69) is 15.4 Å². The summed E-state index contributed by atoms with van der Waals surface area (Å²) in [7, 11) is 0. The number of benzene rings is 2. The predicted octanol–water partition coefficient (Wildman–Crippen LogP) is 3.19. The van der Waals surface area contributed by atoms with Crippen LogP contribution in [0, 0.1) is 5.82 Å². The lowest BCUT2D eigenvalue weighted by Crippen LogP contribution is -2.31. The molecule has 7 nitrogen and oxygen atoms in total. The van der Waals surface area contributed by atoms with Crippen molar-refractivity contribution in [2.45, 2.75) is 23.9 Å². The van der Waals surface area contributed by atoms with E-state index < -0.39 is 11.9 Å². The molecule has 29 heavy (non-hydrogen) atoms. The highest BCUT2D eigenvalue weighted by Crippen LogP contribution is 2.37. The summed E-state index contributed by atoms with van der Waals surface area (Å²) in [5.74, 6) is -0.00402. The summed E-state index contributed by atoms with van der Waals surface area (Å²) < 4.78 is 15.4. The molecule has 0 spiro atoms. The summed E-state index contributed by atoms with van der Waals surface area (Å²) in [6.07, 6.45) is 0. The Morgan fingerprint density at radius 3 is 2.83 bits per heavy atom. The van der Waals surface area contributed by atoms with Gasteiger partial charge in [0.25, 0.3) is 0 Å². The lowest BCUT2D eigenvalue weighted by molar-refractivity contribution is -0.115. The van der Waals surface area contributed by atoms with Crippen LogP contribution in [0.3, 0.4) is 0 Å². The minimum absolute atomic E-state index is 0.0679. The van der Waals surface area contributed by atoms with Crippen LogP contribution in [0.25, 0.3) is 0 Å². The smallest absolute Gasteiger partial charge is 0.248 e. The van der Waals surface area contributed by atoms with Crippen LogP contribution >= 0.6 is 11.8 Å². The Kier molecular flexibility index (Phi) is 4.98. The summed E-state index contributed by atoms with van der Waals surface area (Å²) in [4.78, 5) is 16.6. The van der Waals surface area contributed by atoms with Gasteiger partial charge in [-0.1, -0.05) is 42.1 Å². The number of primary amides is 1. The number of nitrogens with two attached hydrogens (primary N) is 1. The topological polar surface area (TPSA) is 106 Å². The number of phenolic OH excluding ortho intramolecular Hbond substituents is 1. The van der Waals surface area contributed by atoms with E-state index in [9.17, 15) is 14.3 Å². The van der Waals surface area contributed by atoms with E-state index >= 15 is 0 Å². The Hall–Kier alpha value is -3.33. The molecule has 9 heteroatoms. The van der Waals surface area contributed by atoms with Crippen molar-refractivity contribution in [1.29, 1.82) is 0 Å². The van der Waals surface area contributed by atoms with Gasteiger partial charge in [0.2, 0.25) is 17.0 Å². The Labute approximate surface area is 170 Å². The van der Waals surface area contributed by atoms with Gasteiger partial charge in [-0.25, -0.2) is 9.07 Å². The number of carbonyl (C=O) groups excluding carboxylic acids is 1. The molecule has 3 aromatic rings. The van der Waals surface area contributed by atoms with Crippen molar-refractivity contribution in [3.63, 3.8) is 0 Å². The Bertz CT molecular complexity index is 1130. The molecule has 1 amide bonds. The summed E-state index contributed by atoms with van der Waals surface area (Å²) >= 11 is 1.29.